The van der Waals surface area contributed by atoms with Gasteiger partial charge in [-0.1, -0.05) is 52.0 Å². The van der Waals surface area contributed by atoms with Crippen molar-refractivity contribution in [1.29, 1.82) is 0 Å². The van der Waals surface area contributed by atoms with Crippen LogP contribution in [-0.2, 0) is 11.8 Å². The molecule has 2 aromatic rings. The molecule has 1 unspecified atom stereocenters. The van der Waals surface area contributed by atoms with Gasteiger partial charge >= 0.3 is 0 Å². The number of hydrogen-bond acceptors (Lipinski definition) is 1. The predicted molar refractivity (Wildman–Crippen MR) is 97.3 cm³/mol. The Morgan fingerprint density at radius 1 is 1.04 bits per heavy atom. The van der Waals surface area contributed by atoms with E-state index in [0.29, 0.717) is 5.78 Å². The number of hydrogen-bond donors (Lipinski definition) is 0. The molecule has 1 aliphatic rings. The lowest BCUT2D eigenvalue weighted by molar-refractivity contribution is 0.0946. The summed E-state index contributed by atoms with van der Waals surface area (Å²) in [5, 5.41) is 0. The Bertz CT molecular complexity index is 773. The summed E-state index contributed by atoms with van der Waals surface area (Å²) in [5.41, 5.74) is 8.70. The van der Waals surface area contributed by atoms with Crippen LogP contribution >= 0.6 is 0 Å². The highest BCUT2D eigenvalue weighted by molar-refractivity contribution is 6.04. The number of carbonyl (C=O) groups is 1. The van der Waals surface area contributed by atoms with Crippen LogP contribution in [0.3, 0.4) is 0 Å². The molecule has 1 nitrogen and oxygen atoms in total. The Hall–Kier alpha value is -1.89. The summed E-state index contributed by atoms with van der Waals surface area (Å²) in [5.74, 6) is 0.412. The molecule has 2 aromatic carbocycles. The number of Topliss-reactive ketones (excluding diaryl/α,β-unsaturated/α-hetero) is 1. The van der Waals surface area contributed by atoms with Crippen molar-refractivity contribution in [2.75, 3.05) is 0 Å². The van der Waals surface area contributed by atoms with Crippen molar-refractivity contribution in [3.8, 4) is 11.1 Å². The molecule has 0 aromatic heterocycles. The molecule has 0 bridgehead atoms. The lowest BCUT2D eigenvalue weighted by Gasteiger charge is -2.20. The number of ketones is 1. The maximum atomic E-state index is 12.4. The van der Waals surface area contributed by atoms with E-state index in [4.69, 9.17) is 0 Å². The molecule has 0 aliphatic heterocycles. The van der Waals surface area contributed by atoms with Crippen LogP contribution in [-0.4, -0.2) is 5.78 Å². The molecular formula is C22H26O. The van der Waals surface area contributed by atoms with Crippen LogP contribution in [0.5, 0.6) is 0 Å². The fourth-order valence-corrected chi connectivity index (χ4v) is 3.59. The highest BCUT2D eigenvalue weighted by Crippen LogP contribution is 2.39. The summed E-state index contributed by atoms with van der Waals surface area (Å²) in [6, 6.07) is 11.0. The van der Waals surface area contributed by atoms with Crippen LogP contribution in [0.15, 0.2) is 30.3 Å². The van der Waals surface area contributed by atoms with Gasteiger partial charge in [0.2, 0.25) is 0 Å². The normalized spacial score (nSPS) is 17.5. The molecule has 0 amide bonds. The summed E-state index contributed by atoms with van der Waals surface area (Å²) < 4.78 is 0. The lowest BCUT2D eigenvalue weighted by atomic mass is 9.84. The second-order valence-corrected chi connectivity index (χ2v) is 8.02. The molecule has 0 fully saturated rings. The second kappa shape index (κ2) is 5.33. The zero-order chi connectivity index (χ0) is 16.9. The quantitative estimate of drug-likeness (QED) is 0.666. The van der Waals surface area contributed by atoms with Gasteiger partial charge in [-0.25, -0.2) is 0 Å². The van der Waals surface area contributed by atoms with Crippen molar-refractivity contribution in [3.63, 3.8) is 0 Å². The number of benzene rings is 2. The maximum Gasteiger partial charge on any atom is 0.166 e. The van der Waals surface area contributed by atoms with E-state index in [1.165, 1.54) is 33.4 Å². The van der Waals surface area contributed by atoms with Crippen LogP contribution in [0, 0.1) is 19.8 Å². The Kier molecular flexibility index (Phi) is 3.71. The van der Waals surface area contributed by atoms with E-state index in [2.05, 4.69) is 65.0 Å². The molecule has 1 atom stereocenters. The molecule has 120 valence electrons. The minimum Gasteiger partial charge on any atom is -0.294 e. The predicted octanol–water partition coefficient (Wildman–Crippen LogP) is 5.64. The van der Waals surface area contributed by atoms with Gasteiger partial charge in [0.15, 0.2) is 5.78 Å². The van der Waals surface area contributed by atoms with E-state index >= 15 is 0 Å². The average Bonchev–Trinajstić information content (AvgIpc) is 2.75. The van der Waals surface area contributed by atoms with Gasteiger partial charge < -0.3 is 0 Å². The standard InChI is InChI=1S/C22H26O/c1-13-11-19-18(12-14(2)21(19)23)20(15(13)3)16-7-9-17(10-8-16)22(4,5)6/h7-11,14H,12H2,1-6H3. The molecule has 0 radical (unpaired) electrons. The monoisotopic (exact) mass is 306 g/mol. The molecule has 0 saturated carbocycles. The van der Waals surface area contributed by atoms with Gasteiger partial charge in [-0.15, -0.1) is 0 Å². The SMILES string of the molecule is Cc1cc2c(c(-c3ccc(C(C)(C)C)cc3)c1C)CC(C)C2=O. The third kappa shape index (κ3) is 2.63. The van der Waals surface area contributed by atoms with E-state index in [9.17, 15) is 4.79 Å². The fourth-order valence-electron chi connectivity index (χ4n) is 3.59. The summed E-state index contributed by atoms with van der Waals surface area (Å²) in [6.07, 6.45) is 0.867. The van der Waals surface area contributed by atoms with Crippen LogP contribution in [0.1, 0.15) is 60.3 Å². The highest BCUT2D eigenvalue weighted by Gasteiger charge is 2.30. The molecule has 1 aliphatic carbocycles. The molecule has 1 heteroatoms. The molecule has 23 heavy (non-hydrogen) atoms. The van der Waals surface area contributed by atoms with Gasteiger partial charge in [-0.05, 0) is 65.1 Å². The summed E-state index contributed by atoms with van der Waals surface area (Å²) in [4.78, 5) is 12.4. The van der Waals surface area contributed by atoms with Crippen LogP contribution in [0.2, 0.25) is 0 Å². The van der Waals surface area contributed by atoms with Crippen LogP contribution in [0.25, 0.3) is 11.1 Å². The largest absolute Gasteiger partial charge is 0.294 e. The van der Waals surface area contributed by atoms with Gasteiger partial charge in [-0.2, -0.15) is 0 Å². The van der Waals surface area contributed by atoms with Crippen LogP contribution in [0.4, 0.5) is 0 Å². The van der Waals surface area contributed by atoms with Gasteiger partial charge in [-0.3, -0.25) is 4.79 Å². The number of carbonyl (C=O) groups excluding carboxylic acids is 1. The summed E-state index contributed by atoms with van der Waals surface area (Å²) in [6.45, 7) is 13.0. The smallest absolute Gasteiger partial charge is 0.166 e. The maximum absolute atomic E-state index is 12.4. The van der Waals surface area contributed by atoms with Crippen molar-refractivity contribution in [2.24, 2.45) is 5.92 Å². The molecule has 0 heterocycles. The first-order valence-corrected chi connectivity index (χ1v) is 8.48. The number of rotatable bonds is 1. The van der Waals surface area contributed by atoms with Gasteiger partial charge in [0.25, 0.3) is 0 Å². The lowest BCUT2D eigenvalue weighted by Crippen LogP contribution is -2.10. The van der Waals surface area contributed by atoms with Gasteiger partial charge in [0.1, 0.15) is 0 Å². The first-order valence-electron chi connectivity index (χ1n) is 8.48. The minimum atomic E-state index is 0.110. The van der Waals surface area contributed by atoms with E-state index < -0.39 is 0 Å². The Labute approximate surface area is 139 Å². The molecule has 0 saturated heterocycles. The van der Waals surface area contributed by atoms with E-state index in [-0.39, 0.29) is 11.3 Å². The molecule has 3 rings (SSSR count). The fraction of sp³-hybridized carbons (Fsp3) is 0.409. The van der Waals surface area contributed by atoms with Crippen LogP contribution < -0.4 is 0 Å². The van der Waals surface area contributed by atoms with Crippen molar-refractivity contribution in [3.05, 3.63) is 58.1 Å². The van der Waals surface area contributed by atoms with Crippen molar-refractivity contribution in [2.45, 2.75) is 53.4 Å². The van der Waals surface area contributed by atoms with E-state index in [1.54, 1.807) is 0 Å². The zero-order valence-corrected chi connectivity index (χ0v) is 15.1. The third-order valence-electron chi connectivity index (χ3n) is 5.22. The van der Waals surface area contributed by atoms with Crippen molar-refractivity contribution in [1.82, 2.24) is 0 Å². The molecule has 0 N–H and O–H groups in total. The third-order valence-corrected chi connectivity index (χ3v) is 5.22. The first kappa shape index (κ1) is 16.0. The number of fused-ring (bicyclic) bond motifs is 1. The Morgan fingerprint density at radius 3 is 2.22 bits per heavy atom. The molecular weight excluding hydrogens is 280 g/mol. The Morgan fingerprint density at radius 2 is 1.65 bits per heavy atom. The average molecular weight is 306 g/mol. The van der Waals surface area contributed by atoms with Crippen molar-refractivity contribution >= 4 is 5.78 Å². The van der Waals surface area contributed by atoms with Gasteiger partial charge in [0.05, 0.1) is 0 Å². The second-order valence-electron chi connectivity index (χ2n) is 8.02. The first-order chi connectivity index (χ1) is 10.7. The Balaban J connectivity index is 2.18. The zero-order valence-electron chi connectivity index (χ0n) is 15.1. The topological polar surface area (TPSA) is 17.1 Å². The number of aryl methyl sites for hydroxylation is 1. The van der Waals surface area contributed by atoms with Gasteiger partial charge in [0, 0.05) is 11.5 Å². The van der Waals surface area contributed by atoms with E-state index in [0.717, 1.165) is 12.0 Å². The molecule has 0 spiro atoms. The summed E-state index contributed by atoms with van der Waals surface area (Å²) in [7, 11) is 0. The highest BCUT2D eigenvalue weighted by atomic mass is 16.1. The van der Waals surface area contributed by atoms with Crippen molar-refractivity contribution < 1.29 is 4.79 Å². The summed E-state index contributed by atoms with van der Waals surface area (Å²) >= 11 is 0. The minimum absolute atomic E-state index is 0.110. The van der Waals surface area contributed by atoms with E-state index in [1.807, 2.05) is 6.92 Å².